The standard InChI is InChI=1S/C16H22N2O/c1-3-5-6-13-19-15-9-7-14(8-10-15)18-12-11-17-16(18)4-2/h7-12H,3-6,13H2,1-2H3. The molecule has 3 heteroatoms. The molecule has 0 aliphatic rings. The molecule has 0 unspecified atom stereocenters. The molecule has 0 bridgehead atoms. The topological polar surface area (TPSA) is 27.1 Å². The van der Waals surface area contributed by atoms with Crippen molar-refractivity contribution in [3.05, 3.63) is 42.5 Å². The summed E-state index contributed by atoms with van der Waals surface area (Å²) in [5, 5.41) is 0. The van der Waals surface area contributed by atoms with Crippen molar-refractivity contribution in [2.24, 2.45) is 0 Å². The van der Waals surface area contributed by atoms with E-state index in [1.54, 1.807) is 0 Å². The average Bonchev–Trinajstić information content (AvgIpc) is 2.93. The highest BCUT2D eigenvalue weighted by molar-refractivity contribution is 5.38. The Morgan fingerprint density at radius 2 is 1.89 bits per heavy atom. The van der Waals surface area contributed by atoms with Gasteiger partial charge in [0.15, 0.2) is 0 Å². The maximum absolute atomic E-state index is 5.71. The lowest BCUT2D eigenvalue weighted by atomic mass is 10.2. The van der Waals surface area contributed by atoms with E-state index in [-0.39, 0.29) is 0 Å². The van der Waals surface area contributed by atoms with Gasteiger partial charge in [-0.25, -0.2) is 4.98 Å². The quantitative estimate of drug-likeness (QED) is 0.702. The predicted molar refractivity (Wildman–Crippen MR) is 78.0 cm³/mol. The third-order valence-electron chi connectivity index (χ3n) is 3.17. The van der Waals surface area contributed by atoms with E-state index in [0.717, 1.165) is 36.7 Å². The highest BCUT2D eigenvalue weighted by Crippen LogP contribution is 2.17. The number of ether oxygens (including phenoxy) is 1. The Hall–Kier alpha value is -1.77. The van der Waals surface area contributed by atoms with Crippen LogP contribution in [0.15, 0.2) is 36.7 Å². The van der Waals surface area contributed by atoms with Crippen molar-refractivity contribution in [3.8, 4) is 11.4 Å². The largest absolute Gasteiger partial charge is 0.494 e. The first-order valence-corrected chi connectivity index (χ1v) is 7.10. The molecule has 1 aromatic carbocycles. The van der Waals surface area contributed by atoms with Crippen LogP contribution < -0.4 is 4.74 Å². The van der Waals surface area contributed by atoms with Gasteiger partial charge in [0.2, 0.25) is 0 Å². The average molecular weight is 258 g/mol. The Bertz CT molecular complexity index is 488. The summed E-state index contributed by atoms with van der Waals surface area (Å²) in [7, 11) is 0. The van der Waals surface area contributed by atoms with E-state index in [4.69, 9.17) is 4.74 Å². The summed E-state index contributed by atoms with van der Waals surface area (Å²) < 4.78 is 7.82. The second-order valence-electron chi connectivity index (χ2n) is 4.62. The molecule has 0 atom stereocenters. The summed E-state index contributed by atoms with van der Waals surface area (Å²) >= 11 is 0. The van der Waals surface area contributed by atoms with Crippen LogP contribution in [0.3, 0.4) is 0 Å². The molecule has 0 fully saturated rings. The fourth-order valence-electron chi connectivity index (χ4n) is 2.08. The third-order valence-corrected chi connectivity index (χ3v) is 3.17. The first kappa shape index (κ1) is 13.7. The van der Waals surface area contributed by atoms with Gasteiger partial charge in [-0.2, -0.15) is 0 Å². The minimum atomic E-state index is 0.804. The molecule has 0 saturated heterocycles. The van der Waals surface area contributed by atoms with Crippen LogP contribution in [-0.4, -0.2) is 16.2 Å². The fourth-order valence-corrected chi connectivity index (χ4v) is 2.08. The van der Waals surface area contributed by atoms with E-state index in [1.165, 1.54) is 12.8 Å². The zero-order valence-corrected chi connectivity index (χ0v) is 11.8. The number of aromatic nitrogens is 2. The number of imidazole rings is 1. The van der Waals surface area contributed by atoms with Crippen LogP contribution in [0, 0.1) is 0 Å². The van der Waals surface area contributed by atoms with Gasteiger partial charge in [0.25, 0.3) is 0 Å². The first-order chi connectivity index (χ1) is 9.35. The van der Waals surface area contributed by atoms with Crippen molar-refractivity contribution in [1.29, 1.82) is 0 Å². The first-order valence-electron chi connectivity index (χ1n) is 7.10. The molecular weight excluding hydrogens is 236 g/mol. The van der Waals surface area contributed by atoms with Crippen LogP contribution >= 0.6 is 0 Å². The van der Waals surface area contributed by atoms with Crippen LogP contribution in [0.2, 0.25) is 0 Å². The zero-order valence-electron chi connectivity index (χ0n) is 11.8. The summed E-state index contributed by atoms with van der Waals surface area (Å²) in [6, 6.07) is 8.22. The zero-order chi connectivity index (χ0) is 13.5. The van der Waals surface area contributed by atoms with Crippen LogP contribution in [0.5, 0.6) is 5.75 Å². The number of hydrogen-bond donors (Lipinski definition) is 0. The molecule has 0 radical (unpaired) electrons. The van der Waals surface area contributed by atoms with E-state index in [1.807, 2.05) is 24.5 Å². The lowest BCUT2D eigenvalue weighted by molar-refractivity contribution is 0.306. The van der Waals surface area contributed by atoms with Crippen LogP contribution in [-0.2, 0) is 6.42 Å². The number of unbranched alkanes of at least 4 members (excludes halogenated alkanes) is 2. The maximum atomic E-state index is 5.71. The molecule has 1 heterocycles. The van der Waals surface area contributed by atoms with Gasteiger partial charge in [-0.3, -0.25) is 0 Å². The van der Waals surface area contributed by atoms with E-state index in [0.29, 0.717) is 0 Å². The number of benzene rings is 1. The molecular formula is C16H22N2O. The van der Waals surface area contributed by atoms with Crippen molar-refractivity contribution in [3.63, 3.8) is 0 Å². The minimum Gasteiger partial charge on any atom is -0.494 e. The van der Waals surface area contributed by atoms with Gasteiger partial charge in [-0.15, -0.1) is 0 Å². The predicted octanol–water partition coefficient (Wildman–Crippen LogP) is 4.00. The molecule has 0 N–H and O–H groups in total. The van der Waals surface area contributed by atoms with Crippen LogP contribution in [0.1, 0.15) is 38.9 Å². The Labute approximate surface area is 115 Å². The monoisotopic (exact) mass is 258 g/mol. The number of aryl methyl sites for hydroxylation is 1. The number of hydrogen-bond acceptors (Lipinski definition) is 2. The van der Waals surface area contributed by atoms with Crippen molar-refractivity contribution in [2.75, 3.05) is 6.61 Å². The lowest BCUT2D eigenvalue weighted by Gasteiger charge is -2.09. The van der Waals surface area contributed by atoms with E-state index in [2.05, 4.69) is 35.5 Å². The molecule has 0 spiro atoms. The van der Waals surface area contributed by atoms with Gasteiger partial charge >= 0.3 is 0 Å². The smallest absolute Gasteiger partial charge is 0.119 e. The second-order valence-corrected chi connectivity index (χ2v) is 4.62. The minimum absolute atomic E-state index is 0.804. The van der Waals surface area contributed by atoms with Crippen LogP contribution in [0.25, 0.3) is 5.69 Å². The molecule has 0 saturated carbocycles. The molecule has 102 valence electrons. The van der Waals surface area contributed by atoms with Crippen molar-refractivity contribution in [1.82, 2.24) is 9.55 Å². The lowest BCUT2D eigenvalue weighted by Crippen LogP contribution is -2.00. The van der Waals surface area contributed by atoms with Gasteiger partial charge in [0.05, 0.1) is 6.61 Å². The molecule has 0 aliphatic heterocycles. The summed E-state index contributed by atoms with van der Waals surface area (Å²) in [4.78, 5) is 4.34. The molecule has 2 rings (SSSR count). The van der Waals surface area contributed by atoms with Crippen LogP contribution in [0.4, 0.5) is 0 Å². The molecule has 0 amide bonds. The molecule has 19 heavy (non-hydrogen) atoms. The Kier molecular flexibility index (Phi) is 5.01. The molecule has 2 aromatic rings. The van der Waals surface area contributed by atoms with E-state index < -0.39 is 0 Å². The summed E-state index contributed by atoms with van der Waals surface area (Å²) in [6.07, 6.45) is 8.35. The third kappa shape index (κ3) is 3.60. The highest BCUT2D eigenvalue weighted by Gasteiger charge is 2.02. The molecule has 3 nitrogen and oxygen atoms in total. The summed E-state index contributed by atoms with van der Waals surface area (Å²) in [6.45, 7) is 5.12. The number of nitrogens with zero attached hydrogens (tertiary/aromatic N) is 2. The highest BCUT2D eigenvalue weighted by atomic mass is 16.5. The Morgan fingerprint density at radius 1 is 1.11 bits per heavy atom. The Balaban J connectivity index is 1.98. The van der Waals surface area contributed by atoms with Crippen molar-refractivity contribution < 1.29 is 4.74 Å². The van der Waals surface area contributed by atoms with Gasteiger partial charge < -0.3 is 9.30 Å². The second kappa shape index (κ2) is 6.98. The normalized spacial score (nSPS) is 10.6. The summed E-state index contributed by atoms with van der Waals surface area (Å²) in [5.41, 5.74) is 1.13. The van der Waals surface area contributed by atoms with Gasteiger partial charge in [-0.05, 0) is 30.7 Å². The van der Waals surface area contributed by atoms with Crippen molar-refractivity contribution in [2.45, 2.75) is 39.5 Å². The van der Waals surface area contributed by atoms with E-state index in [9.17, 15) is 0 Å². The van der Waals surface area contributed by atoms with Gasteiger partial charge in [-0.1, -0.05) is 26.7 Å². The molecule has 1 aromatic heterocycles. The van der Waals surface area contributed by atoms with Gasteiger partial charge in [0, 0.05) is 24.5 Å². The van der Waals surface area contributed by atoms with Gasteiger partial charge in [0.1, 0.15) is 11.6 Å². The maximum Gasteiger partial charge on any atom is 0.119 e. The molecule has 0 aliphatic carbocycles. The Morgan fingerprint density at radius 3 is 2.58 bits per heavy atom. The van der Waals surface area contributed by atoms with Crippen molar-refractivity contribution >= 4 is 0 Å². The summed E-state index contributed by atoms with van der Waals surface area (Å²) in [5.74, 6) is 2.02. The van der Waals surface area contributed by atoms with E-state index >= 15 is 0 Å². The number of rotatable bonds is 7. The SMILES string of the molecule is CCCCCOc1ccc(-n2ccnc2CC)cc1. The fraction of sp³-hybridized carbons (Fsp3) is 0.438.